The van der Waals surface area contributed by atoms with Gasteiger partial charge in [0.2, 0.25) is 0 Å². The summed E-state index contributed by atoms with van der Waals surface area (Å²) in [4.78, 5) is 27.6. The molecule has 0 fully saturated rings. The first kappa shape index (κ1) is 22.6. The van der Waals surface area contributed by atoms with E-state index in [9.17, 15) is 23.1 Å². The van der Waals surface area contributed by atoms with Crippen LogP contribution in [0, 0.1) is 0 Å². The van der Waals surface area contributed by atoms with Crippen molar-refractivity contribution in [1.29, 1.82) is 0 Å². The number of thiazole rings is 1. The van der Waals surface area contributed by atoms with Crippen LogP contribution in [0.1, 0.15) is 15.9 Å². The van der Waals surface area contributed by atoms with E-state index in [-0.39, 0.29) is 40.3 Å². The summed E-state index contributed by atoms with van der Waals surface area (Å²) in [5.74, 6) is -0.807. The molecule has 1 atom stereocenters. The van der Waals surface area contributed by atoms with Crippen molar-refractivity contribution in [2.24, 2.45) is 0 Å². The van der Waals surface area contributed by atoms with Gasteiger partial charge < -0.3 is 19.9 Å². The van der Waals surface area contributed by atoms with Crippen molar-refractivity contribution in [3.05, 3.63) is 53.3 Å². The van der Waals surface area contributed by atoms with E-state index in [0.717, 1.165) is 6.07 Å². The zero-order valence-corrected chi connectivity index (χ0v) is 17.4. The summed E-state index contributed by atoms with van der Waals surface area (Å²) in [6.07, 6.45) is -1.83. The number of alkyl halides is 3. The SMILES string of the molecule is O=C(Nc1nccs1)c1cncc2[nH]c(-c3ccc(OC[C@@H](O)CO)cc3C(F)(F)F)nc12. The van der Waals surface area contributed by atoms with Gasteiger partial charge in [0.25, 0.3) is 5.91 Å². The Bertz CT molecular complexity index is 1280. The first-order valence-electron chi connectivity index (χ1n) is 9.44. The van der Waals surface area contributed by atoms with Gasteiger partial charge in [-0.05, 0) is 18.2 Å². The molecule has 0 unspecified atom stereocenters. The Morgan fingerprint density at radius 3 is 2.82 bits per heavy atom. The number of aliphatic hydroxyl groups excluding tert-OH is 2. The molecular weight excluding hydrogens is 463 g/mol. The molecule has 33 heavy (non-hydrogen) atoms. The molecule has 0 aliphatic carbocycles. The highest BCUT2D eigenvalue weighted by molar-refractivity contribution is 7.13. The van der Waals surface area contributed by atoms with Crippen LogP contribution in [0.25, 0.3) is 22.4 Å². The molecule has 1 amide bonds. The third-order valence-electron chi connectivity index (χ3n) is 4.50. The number of pyridine rings is 1. The van der Waals surface area contributed by atoms with E-state index in [1.54, 1.807) is 5.38 Å². The molecule has 0 saturated carbocycles. The van der Waals surface area contributed by atoms with E-state index in [4.69, 9.17) is 9.84 Å². The number of benzene rings is 1. The Labute approximate surface area is 187 Å². The number of imidazole rings is 1. The van der Waals surface area contributed by atoms with Crippen LogP contribution >= 0.6 is 11.3 Å². The number of rotatable bonds is 7. The number of anilines is 1. The lowest BCUT2D eigenvalue weighted by molar-refractivity contribution is -0.137. The maximum Gasteiger partial charge on any atom is 0.417 e. The summed E-state index contributed by atoms with van der Waals surface area (Å²) in [7, 11) is 0. The van der Waals surface area contributed by atoms with Crippen molar-refractivity contribution in [2.45, 2.75) is 12.3 Å². The highest BCUT2D eigenvalue weighted by Gasteiger charge is 2.35. The van der Waals surface area contributed by atoms with Gasteiger partial charge in [-0.3, -0.25) is 15.1 Å². The van der Waals surface area contributed by atoms with Crippen LogP contribution in [-0.4, -0.2) is 55.4 Å². The highest BCUT2D eigenvalue weighted by atomic mass is 32.1. The average Bonchev–Trinajstić information content (AvgIpc) is 3.46. The number of H-pyrrole nitrogens is 1. The van der Waals surface area contributed by atoms with Crippen LogP contribution in [0.5, 0.6) is 5.75 Å². The van der Waals surface area contributed by atoms with Crippen LogP contribution in [0.4, 0.5) is 18.3 Å². The molecule has 0 bridgehead atoms. The van der Waals surface area contributed by atoms with Crippen molar-refractivity contribution < 1.29 is 32.9 Å². The Balaban J connectivity index is 1.71. The molecule has 3 heterocycles. The van der Waals surface area contributed by atoms with E-state index >= 15 is 0 Å². The van der Waals surface area contributed by atoms with Gasteiger partial charge in [-0.25, -0.2) is 9.97 Å². The number of aliphatic hydroxyl groups is 2. The quantitative estimate of drug-likeness (QED) is 0.320. The molecule has 0 saturated heterocycles. The van der Waals surface area contributed by atoms with Crippen LogP contribution in [0.2, 0.25) is 0 Å². The second-order valence-corrected chi connectivity index (χ2v) is 7.71. The minimum atomic E-state index is -4.74. The van der Waals surface area contributed by atoms with Gasteiger partial charge in [-0.15, -0.1) is 11.3 Å². The molecule has 0 spiro atoms. The molecule has 0 aliphatic rings. The van der Waals surface area contributed by atoms with Crippen LogP contribution < -0.4 is 10.1 Å². The Kier molecular flexibility index (Phi) is 6.26. The lowest BCUT2D eigenvalue weighted by atomic mass is 10.1. The fourth-order valence-electron chi connectivity index (χ4n) is 2.98. The summed E-state index contributed by atoms with van der Waals surface area (Å²) in [5.41, 5.74) is -0.805. The van der Waals surface area contributed by atoms with Gasteiger partial charge in [0.1, 0.15) is 29.8 Å². The molecule has 1 aromatic carbocycles. The summed E-state index contributed by atoms with van der Waals surface area (Å²) in [6, 6.07) is 3.24. The van der Waals surface area contributed by atoms with Crippen molar-refractivity contribution in [3.63, 3.8) is 0 Å². The lowest BCUT2D eigenvalue weighted by Gasteiger charge is -2.15. The Morgan fingerprint density at radius 2 is 2.12 bits per heavy atom. The lowest BCUT2D eigenvalue weighted by Crippen LogP contribution is -2.21. The van der Waals surface area contributed by atoms with Crippen molar-refractivity contribution in [2.75, 3.05) is 18.5 Å². The molecule has 172 valence electrons. The predicted molar refractivity (Wildman–Crippen MR) is 113 cm³/mol. The van der Waals surface area contributed by atoms with Crippen LogP contribution in [-0.2, 0) is 6.18 Å². The van der Waals surface area contributed by atoms with Crippen molar-refractivity contribution in [1.82, 2.24) is 19.9 Å². The first-order chi connectivity index (χ1) is 15.8. The van der Waals surface area contributed by atoms with Gasteiger partial charge in [0, 0.05) is 23.3 Å². The van der Waals surface area contributed by atoms with E-state index in [1.807, 2.05) is 0 Å². The maximum absolute atomic E-state index is 13.8. The maximum atomic E-state index is 13.8. The number of carbonyl (C=O) groups excluding carboxylic acids is 1. The van der Waals surface area contributed by atoms with Gasteiger partial charge in [-0.1, -0.05) is 0 Å². The highest BCUT2D eigenvalue weighted by Crippen LogP contribution is 2.39. The summed E-state index contributed by atoms with van der Waals surface area (Å²) >= 11 is 1.21. The molecule has 4 aromatic rings. The number of amides is 1. The van der Waals surface area contributed by atoms with E-state index < -0.39 is 30.4 Å². The molecule has 0 aliphatic heterocycles. The fourth-order valence-corrected chi connectivity index (χ4v) is 3.50. The summed E-state index contributed by atoms with van der Waals surface area (Å²) in [5, 5.41) is 22.8. The number of carbonyl (C=O) groups is 1. The second-order valence-electron chi connectivity index (χ2n) is 6.81. The third-order valence-corrected chi connectivity index (χ3v) is 5.18. The standard InChI is InChI=1S/C20H16F3N5O4S/c21-20(22,23)14-5-11(32-9-10(30)8-29)1-2-12(14)17-26-15-7-24-6-13(16(15)27-17)18(31)28-19-25-3-4-33-19/h1-7,10,29-30H,8-9H2,(H,26,27)(H,25,28,31)/t10-/m0/s1. The Hall–Kier alpha value is -3.55. The molecule has 3 aromatic heterocycles. The number of ether oxygens (including phenoxy) is 1. The number of aromatic amines is 1. The van der Waals surface area contributed by atoms with Gasteiger partial charge >= 0.3 is 6.18 Å². The van der Waals surface area contributed by atoms with Crippen LogP contribution in [0.15, 0.2) is 42.2 Å². The largest absolute Gasteiger partial charge is 0.491 e. The number of fused-ring (bicyclic) bond motifs is 1. The average molecular weight is 479 g/mol. The van der Waals surface area contributed by atoms with E-state index in [0.29, 0.717) is 5.13 Å². The fraction of sp³-hybridized carbons (Fsp3) is 0.200. The zero-order valence-electron chi connectivity index (χ0n) is 16.6. The van der Waals surface area contributed by atoms with Gasteiger partial charge in [0.05, 0.1) is 29.4 Å². The smallest absolute Gasteiger partial charge is 0.417 e. The Morgan fingerprint density at radius 1 is 1.30 bits per heavy atom. The minimum Gasteiger partial charge on any atom is -0.491 e. The molecular formula is C20H16F3N5O4S. The van der Waals surface area contributed by atoms with Crippen molar-refractivity contribution >= 4 is 33.4 Å². The monoisotopic (exact) mass is 479 g/mol. The number of hydrogen-bond donors (Lipinski definition) is 4. The topological polar surface area (TPSA) is 133 Å². The number of nitrogens with zero attached hydrogens (tertiary/aromatic N) is 3. The molecule has 9 nitrogen and oxygen atoms in total. The summed E-state index contributed by atoms with van der Waals surface area (Å²) in [6.45, 7) is -0.962. The number of aromatic nitrogens is 4. The predicted octanol–water partition coefficient (Wildman–Crippen LogP) is 3.08. The molecule has 4 N–H and O–H groups in total. The van der Waals surface area contributed by atoms with E-state index in [2.05, 4.69) is 25.3 Å². The number of hydrogen-bond acceptors (Lipinski definition) is 8. The van der Waals surface area contributed by atoms with E-state index in [1.165, 1.54) is 42.1 Å². The molecule has 13 heteroatoms. The molecule has 0 radical (unpaired) electrons. The number of nitrogens with one attached hydrogen (secondary N) is 2. The minimum absolute atomic E-state index is 0.0664. The van der Waals surface area contributed by atoms with Crippen LogP contribution in [0.3, 0.4) is 0 Å². The zero-order chi connectivity index (χ0) is 23.6. The van der Waals surface area contributed by atoms with Gasteiger partial charge in [0.15, 0.2) is 5.13 Å². The summed E-state index contributed by atoms with van der Waals surface area (Å²) < 4.78 is 46.5. The second kappa shape index (κ2) is 9.13. The van der Waals surface area contributed by atoms with Crippen molar-refractivity contribution in [3.8, 4) is 17.1 Å². The number of halogens is 3. The normalized spacial score (nSPS) is 12.6. The first-order valence-corrected chi connectivity index (χ1v) is 10.3. The van der Waals surface area contributed by atoms with Gasteiger partial charge in [-0.2, -0.15) is 13.2 Å². The third kappa shape index (κ3) is 4.94. The molecule has 4 rings (SSSR count).